The van der Waals surface area contributed by atoms with E-state index < -0.39 is 0 Å². The van der Waals surface area contributed by atoms with Crippen molar-refractivity contribution in [3.63, 3.8) is 0 Å². The van der Waals surface area contributed by atoms with Crippen LogP contribution in [-0.4, -0.2) is 31.2 Å². The average Bonchev–Trinajstić information content (AvgIpc) is 2.49. The second kappa shape index (κ2) is 7.34. The number of pyridine rings is 1. The summed E-state index contributed by atoms with van der Waals surface area (Å²) in [7, 11) is 1.67. The molecule has 2 rings (SSSR count). The third kappa shape index (κ3) is 3.83. The monoisotopic (exact) mass is 263 g/mol. The Labute approximate surface area is 116 Å². The summed E-state index contributed by atoms with van der Waals surface area (Å²) >= 11 is 0. The molecule has 0 unspecified atom stereocenters. The number of nitrogens with zero attached hydrogens (tertiary/aromatic N) is 2. The molecule has 1 aliphatic rings. The van der Waals surface area contributed by atoms with Crippen molar-refractivity contribution < 1.29 is 4.74 Å². The molecule has 2 N–H and O–H groups in total. The fraction of sp³-hybridized carbons (Fsp3) is 0.667. The SMILES string of the molecule is COc1ccc(N(CCCN)C2CCCCC2)nc1. The number of nitrogens with two attached hydrogens (primary N) is 1. The lowest BCUT2D eigenvalue weighted by molar-refractivity contribution is 0.406. The lowest BCUT2D eigenvalue weighted by atomic mass is 9.94. The smallest absolute Gasteiger partial charge is 0.137 e. The Kier molecular flexibility index (Phi) is 5.45. The predicted molar refractivity (Wildman–Crippen MR) is 78.7 cm³/mol. The highest BCUT2D eigenvalue weighted by Gasteiger charge is 2.21. The first-order valence-corrected chi connectivity index (χ1v) is 7.32. The van der Waals surface area contributed by atoms with Crippen LogP contribution in [0.3, 0.4) is 0 Å². The van der Waals surface area contributed by atoms with E-state index in [9.17, 15) is 0 Å². The first-order chi connectivity index (χ1) is 9.35. The summed E-state index contributed by atoms with van der Waals surface area (Å²) in [6.45, 7) is 1.74. The summed E-state index contributed by atoms with van der Waals surface area (Å²) in [5, 5.41) is 0. The van der Waals surface area contributed by atoms with Crippen molar-refractivity contribution in [3.8, 4) is 5.75 Å². The average molecular weight is 263 g/mol. The summed E-state index contributed by atoms with van der Waals surface area (Å²) in [5.41, 5.74) is 5.66. The van der Waals surface area contributed by atoms with Crippen LogP contribution in [0, 0.1) is 0 Å². The van der Waals surface area contributed by atoms with Gasteiger partial charge in [0.2, 0.25) is 0 Å². The van der Waals surface area contributed by atoms with Crippen LogP contribution >= 0.6 is 0 Å². The van der Waals surface area contributed by atoms with Gasteiger partial charge in [0, 0.05) is 12.6 Å². The third-order valence-electron chi connectivity index (χ3n) is 3.87. The van der Waals surface area contributed by atoms with E-state index in [4.69, 9.17) is 10.5 Å². The summed E-state index contributed by atoms with van der Waals surface area (Å²) in [6.07, 6.45) is 9.41. The maximum absolute atomic E-state index is 5.66. The summed E-state index contributed by atoms with van der Waals surface area (Å²) in [6, 6.07) is 4.67. The van der Waals surface area contributed by atoms with Gasteiger partial charge in [-0.1, -0.05) is 19.3 Å². The topological polar surface area (TPSA) is 51.4 Å². The molecule has 106 valence electrons. The largest absolute Gasteiger partial charge is 0.495 e. The van der Waals surface area contributed by atoms with Crippen molar-refractivity contribution in [1.29, 1.82) is 0 Å². The van der Waals surface area contributed by atoms with Gasteiger partial charge in [0.25, 0.3) is 0 Å². The fourth-order valence-electron chi connectivity index (χ4n) is 2.80. The second-order valence-electron chi connectivity index (χ2n) is 5.18. The molecule has 1 aromatic rings. The standard InChI is InChI=1S/C15H25N3O/c1-19-14-8-9-15(17-12-14)18(11-5-10-16)13-6-3-2-4-7-13/h8-9,12-13H,2-7,10-11,16H2,1H3. The maximum Gasteiger partial charge on any atom is 0.137 e. The van der Waals surface area contributed by atoms with Gasteiger partial charge in [0.05, 0.1) is 13.3 Å². The zero-order valence-corrected chi connectivity index (χ0v) is 11.8. The Morgan fingerprint density at radius 2 is 2.11 bits per heavy atom. The van der Waals surface area contributed by atoms with E-state index in [-0.39, 0.29) is 0 Å². The lowest BCUT2D eigenvalue weighted by Gasteiger charge is -2.35. The Balaban J connectivity index is 2.10. The molecule has 1 fully saturated rings. The molecule has 19 heavy (non-hydrogen) atoms. The molecular formula is C15H25N3O. The molecule has 0 aromatic carbocycles. The van der Waals surface area contributed by atoms with Gasteiger partial charge in [-0.15, -0.1) is 0 Å². The normalized spacial score (nSPS) is 16.3. The highest BCUT2D eigenvalue weighted by atomic mass is 16.5. The molecule has 0 bridgehead atoms. The van der Waals surface area contributed by atoms with E-state index in [2.05, 4.69) is 16.0 Å². The Hall–Kier alpha value is -1.29. The molecule has 1 heterocycles. The summed E-state index contributed by atoms with van der Waals surface area (Å²) < 4.78 is 5.17. The van der Waals surface area contributed by atoms with Crippen molar-refractivity contribution in [1.82, 2.24) is 4.98 Å². The van der Waals surface area contributed by atoms with Crippen LogP contribution in [0.5, 0.6) is 5.75 Å². The fourth-order valence-corrected chi connectivity index (χ4v) is 2.80. The van der Waals surface area contributed by atoms with Crippen LogP contribution in [0.1, 0.15) is 38.5 Å². The summed E-state index contributed by atoms with van der Waals surface area (Å²) in [5.74, 6) is 1.87. The first kappa shape index (κ1) is 14.1. The highest BCUT2D eigenvalue weighted by Crippen LogP contribution is 2.27. The predicted octanol–water partition coefficient (Wildman–Crippen LogP) is 2.58. The van der Waals surface area contributed by atoms with Crippen molar-refractivity contribution in [2.45, 2.75) is 44.6 Å². The molecule has 4 heteroatoms. The van der Waals surface area contributed by atoms with Crippen LogP contribution in [0.25, 0.3) is 0 Å². The molecule has 0 spiro atoms. The van der Waals surface area contributed by atoms with Crippen molar-refractivity contribution in [3.05, 3.63) is 18.3 Å². The molecule has 0 aliphatic heterocycles. The van der Waals surface area contributed by atoms with Crippen LogP contribution in [-0.2, 0) is 0 Å². The number of rotatable bonds is 6. The Bertz CT molecular complexity index is 360. The number of methoxy groups -OCH3 is 1. The van der Waals surface area contributed by atoms with E-state index in [0.717, 1.165) is 31.1 Å². The van der Waals surface area contributed by atoms with Gasteiger partial charge in [-0.2, -0.15) is 0 Å². The molecule has 0 saturated heterocycles. The lowest BCUT2D eigenvalue weighted by Crippen LogP contribution is -2.38. The number of hydrogen-bond acceptors (Lipinski definition) is 4. The first-order valence-electron chi connectivity index (χ1n) is 7.32. The van der Waals surface area contributed by atoms with E-state index in [0.29, 0.717) is 6.04 Å². The van der Waals surface area contributed by atoms with Crippen molar-refractivity contribution >= 4 is 5.82 Å². The minimum atomic E-state index is 0.626. The number of hydrogen-bond donors (Lipinski definition) is 1. The van der Waals surface area contributed by atoms with Gasteiger partial charge >= 0.3 is 0 Å². The van der Waals surface area contributed by atoms with Crippen molar-refractivity contribution in [2.75, 3.05) is 25.1 Å². The Morgan fingerprint density at radius 3 is 2.68 bits per heavy atom. The zero-order chi connectivity index (χ0) is 13.5. The van der Waals surface area contributed by atoms with Gasteiger partial charge < -0.3 is 15.4 Å². The van der Waals surface area contributed by atoms with E-state index in [1.807, 2.05) is 6.07 Å². The third-order valence-corrected chi connectivity index (χ3v) is 3.87. The second-order valence-corrected chi connectivity index (χ2v) is 5.18. The molecule has 1 aliphatic carbocycles. The van der Waals surface area contributed by atoms with E-state index >= 15 is 0 Å². The number of ether oxygens (including phenoxy) is 1. The number of aromatic nitrogens is 1. The minimum absolute atomic E-state index is 0.626. The maximum atomic E-state index is 5.66. The van der Waals surface area contributed by atoms with Crippen LogP contribution < -0.4 is 15.4 Å². The van der Waals surface area contributed by atoms with Crippen LogP contribution in [0.2, 0.25) is 0 Å². The molecule has 0 radical (unpaired) electrons. The van der Waals surface area contributed by atoms with Gasteiger partial charge in [0.1, 0.15) is 11.6 Å². The van der Waals surface area contributed by atoms with Gasteiger partial charge in [-0.05, 0) is 37.9 Å². The molecule has 0 amide bonds. The highest BCUT2D eigenvalue weighted by molar-refractivity contribution is 5.42. The minimum Gasteiger partial charge on any atom is -0.495 e. The van der Waals surface area contributed by atoms with Crippen LogP contribution in [0.15, 0.2) is 18.3 Å². The molecule has 1 aromatic heterocycles. The molecule has 4 nitrogen and oxygen atoms in total. The zero-order valence-electron chi connectivity index (χ0n) is 11.8. The molecule has 1 saturated carbocycles. The molecular weight excluding hydrogens is 238 g/mol. The van der Waals surface area contributed by atoms with E-state index in [1.54, 1.807) is 13.3 Å². The summed E-state index contributed by atoms with van der Waals surface area (Å²) in [4.78, 5) is 6.97. The van der Waals surface area contributed by atoms with Crippen LogP contribution in [0.4, 0.5) is 5.82 Å². The Morgan fingerprint density at radius 1 is 1.32 bits per heavy atom. The quantitative estimate of drug-likeness (QED) is 0.857. The van der Waals surface area contributed by atoms with Crippen molar-refractivity contribution in [2.24, 2.45) is 5.73 Å². The van der Waals surface area contributed by atoms with Gasteiger partial charge in [0.15, 0.2) is 0 Å². The number of anilines is 1. The van der Waals surface area contributed by atoms with Gasteiger partial charge in [-0.3, -0.25) is 0 Å². The van der Waals surface area contributed by atoms with Gasteiger partial charge in [-0.25, -0.2) is 4.98 Å². The molecule has 0 atom stereocenters. The van der Waals surface area contributed by atoms with E-state index in [1.165, 1.54) is 32.1 Å².